The molecule has 0 radical (unpaired) electrons. The van der Waals surface area contributed by atoms with Crippen LogP contribution in [-0.2, 0) is 17.6 Å². The van der Waals surface area contributed by atoms with E-state index >= 15 is 0 Å². The molecule has 3 aromatic rings. The molecular formula is C26H25F2N3O3. The second-order valence-electron chi connectivity index (χ2n) is 7.89. The topological polar surface area (TPSA) is 70.7 Å². The van der Waals surface area contributed by atoms with E-state index in [9.17, 15) is 18.4 Å². The molecular weight excluding hydrogens is 440 g/mol. The summed E-state index contributed by atoms with van der Waals surface area (Å²) < 4.78 is 28.7. The quantitative estimate of drug-likeness (QED) is 0.496. The zero-order valence-electron chi connectivity index (χ0n) is 18.5. The summed E-state index contributed by atoms with van der Waals surface area (Å²) in [7, 11) is 0. The molecule has 0 aliphatic carbocycles. The van der Waals surface area contributed by atoms with Crippen molar-refractivity contribution in [3.8, 4) is 5.75 Å². The number of hydrogen-bond donors (Lipinski definition) is 2. The van der Waals surface area contributed by atoms with Crippen LogP contribution in [0, 0.1) is 0 Å². The standard InChI is InChI=1S/C26H25F2N3O3/c27-26(28)34-22-11-5-18(6-12-22)13-15-29-24(32)17-30-21-9-7-20(8-10-21)25(33)31-16-14-19-3-1-2-4-23(19)31/h1-12,26,30H,13-17H2,(H,29,32). The van der Waals surface area contributed by atoms with E-state index in [2.05, 4.69) is 15.4 Å². The van der Waals surface area contributed by atoms with Gasteiger partial charge in [0.15, 0.2) is 0 Å². The molecule has 4 rings (SSSR count). The maximum absolute atomic E-state index is 12.9. The van der Waals surface area contributed by atoms with Gasteiger partial charge in [-0.25, -0.2) is 0 Å². The summed E-state index contributed by atoms with van der Waals surface area (Å²) in [6, 6.07) is 21.3. The highest BCUT2D eigenvalue weighted by Crippen LogP contribution is 2.29. The molecule has 3 aromatic carbocycles. The number of alkyl halides is 2. The SMILES string of the molecule is O=C(CNc1ccc(C(=O)N2CCc3ccccc32)cc1)NCCc1ccc(OC(F)F)cc1. The van der Waals surface area contributed by atoms with E-state index in [1.165, 1.54) is 17.7 Å². The fraction of sp³-hybridized carbons (Fsp3) is 0.231. The van der Waals surface area contributed by atoms with Crippen molar-refractivity contribution in [2.24, 2.45) is 0 Å². The number of rotatable bonds is 9. The van der Waals surface area contributed by atoms with E-state index in [-0.39, 0.29) is 24.1 Å². The average Bonchev–Trinajstić information content (AvgIpc) is 3.28. The number of anilines is 2. The molecule has 0 unspecified atom stereocenters. The van der Waals surface area contributed by atoms with Crippen LogP contribution in [0.3, 0.4) is 0 Å². The summed E-state index contributed by atoms with van der Waals surface area (Å²) >= 11 is 0. The van der Waals surface area contributed by atoms with E-state index in [0.717, 1.165) is 23.4 Å². The fourth-order valence-corrected chi connectivity index (χ4v) is 3.86. The molecule has 0 saturated carbocycles. The molecule has 0 bridgehead atoms. The Morgan fingerprint density at radius 1 is 0.971 bits per heavy atom. The lowest BCUT2D eigenvalue weighted by molar-refractivity contribution is -0.119. The van der Waals surface area contributed by atoms with Crippen LogP contribution in [0.1, 0.15) is 21.5 Å². The highest BCUT2D eigenvalue weighted by atomic mass is 19.3. The maximum atomic E-state index is 12.9. The Morgan fingerprint density at radius 3 is 2.44 bits per heavy atom. The third-order valence-corrected chi connectivity index (χ3v) is 5.60. The van der Waals surface area contributed by atoms with E-state index in [1.54, 1.807) is 41.3 Å². The van der Waals surface area contributed by atoms with Crippen LogP contribution in [-0.4, -0.2) is 38.1 Å². The Hall–Kier alpha value is -3.94. The van der Waals surface area contributed by atoms with Gasteiger partial charge in [-0.2, -0.15) is 8.78 Å². The van der Waals surface area contributed by atoms with E-state index < -0.39 is 6.61 Å². The predicted octanol–water partition coefficient (Wildman–Crippen LogP) is 4.26. The van der Waals surface area contributed by atoms with Crippen molar-refractivity contribution in [2.75, 3.05) is 29.9 Å². The van der Waals surface area contributed by atoms with Crippen LogP contribution >= 0.6 is 0 Å². The van der Waals surface area contributed by atoms with Crippen molar-refractivity contribution >= 4 is 23.2 Å². The number of halogens is 2. The normalized spacial score (nSPS) is 12.4. The number of amides is 2. The van der Waals surface area contributed by atoms with Crippen LogP contribution in [0.2, 0.25) is 0 Å². The van der Waals surface area contributed by atoms with Crippen molar-refractivity contribution in [1.29, 1.82) is 0 Å². The van der Waals surface area contributed by atoms with Gasteiger partial charge in [-0.3, -0.25) is 9.59 Å². The van der Waals surface area contributed by atoms with Crippen molar-refractivity contribution in [3.05, 3.63) is 89.5 Å². The molecule has 8 heteroatoms. The smallest absolute Gasteiger partial charge is 0.387 e. The first-order valence-electron chi connectivity index (χ1n) is 11.0. The van der Waals surface area contributed by atoms with Crippen LogP contribution in [0.15, 0.2) is 72.8 Å². The first-order chi connectivity index (χ1) is 16.5. The third-order valence-electron chi connectivity index (χ3n) is 5.60. The molecule has 2 amide bonds. The minimum absolute atomic E-state index is 0.0388. The first-order valence-corrected chi connectivity index (χ1v) is 11.0. The Labute approximate surface area is 196 Å². The Morgan fingerprint density at radius 2 is 1.71 bits per heavy atom. The zero-order chi connectivity index (χ0) is 23.9. The van der Waals surface area contributed by atoms with Gasteiger partial charge >= 0.3 is 6.61 Å². The van der Waals surface area contributed by atoms with Gasteiger partial charge in [0, 0.05) is 30.0 Å². The molecule has 34 heavy (non-hydrogen) atoms. The van der Waals surface area contributed by atoms with Crippen LogP contribution in [0.25, 0.3) is 0 Å². The van der Waals surface area contributed by atoms with Crippen molar-refractivity contribution in [3.63, 3.8) is 0 Å². The van der Waals surface area contributed by atoms with Gasteiger partial charge < -0.3 is 20.3 Å². The molecule has 1 aliphatic heterocycles. The molecule has 1 aliphatic rings. The number of nitrogens with one attached hydrogen (secondary N) is 2. The summed E-state index contributed by atoms with van der Waals surface area (Å²) in [6.45, 7) is -1.67. The number of carbonyl (C=O) groups excluding carboxylic acids is 2. The number of hydrogen-bond acceptors (Lipinski definition) is 4. The molecule has 176 valence electrons. The minimum atomic E-state index is -2.85. The van der Waals surface area contributed by atoms with E-state index in [0.29, 0.717) is 25.1 Å². The van der Waals surface area contributed by atoms with Crippen LogP contribution in [0.5, 0.6) is 5.75 Å². The second kappa shape index (κ2) is 10.8. The summed E-state index contributed by atoms with van der Waals surface area (Å²) in [4.78, 5) is 26.8. The Balaban J connectivity index is 1.20. The number of fused-ring (bicyclic) bond motifs is 1. The van der Waals surface area contributed by atoms with Crippen molar-refractivity contribution < 1.29 is 23.1 Å². The number of para-hydroxylation sites is 1. The predicted molar refractivity (Wildman–Crippen MR) is 127 cm³/mol. The molecule has 6 nitrogen and oxygen atoms in total. The first kappa shape index (κ1) is 23.2. The summed E-state index contributed by atoms with van der Waals surface area (Å²) in [5.74, 6) is -0.112. The number of benzene rings is 3. The molecule has 0 spiro atoms. The van der Waals surface area contributed by atoms with Gasteiger partial charge in [0.25, 0.3) is 5.91 Å². The lowest BCUT2D eigenvalue weighted by Gasteiger charge is -2.17. The third kappa shape index (κ3) is 5.89. The molecule has 0 atom stereocenters. The van der Waals surface area contributed by atoms with Gasteiger partial charge in [0.2, 0.25) is 5.91 Å². The molecule has 0 fully saturated rings. The Bertz CT molecular complexity index is 1130. The molecule has 0 aromatic heterocycles. The number of ether oxygens (including phenoxy) is 1. The second-order valence-corrected chi connectivity index (χ2v) is 7.89. The average molecular weight is 466 g/mol. The van der Waals surface area contributed by atoms with Crippen LogP contribution < -0.4 is 20.3 Å². The molecule has 2 N–H and O–H groups in total. The monoisotopic (exact) mass is 465 g/mol. The van der Waals surface area contributed by atoms with E-state index in [4.69, 9.17) is 0 Å². The van der Waals surface area contributed by atoms with Crippen LogP contribution in [0.4, 0.5) is 20.2 Å². The molecule has 1 heterocycles. The van der Waals surface area contributed by atoms with Gasteiger partial charge in [0.05, 0.1) is 6.54 Å². The maximum Gasteiger partial charge on any atom is 0.387 e. The van der Waals surface area contributed by atoms with Gasteiger partial charge in [-0.05, 0) is 66.4 Å². The zero-order valence-corrected chi connectivity index (χ0v) is 18.5. The Kier molecular flexibility index (Phi) is 7.37. The lowest BCUT2D eigenvalue weighted by Crippen LogP contribution is -2.31. The lowest BCUT2D eigenvalue weighted by atomic mass is 10.1. The highest BCUT2D eigenvalue weighted by molar-refractivity contribution is 6.07. The van der Waals surface area contributed by atoms with Gasteiger partial charge in [-0.15, -0.1) is 0 Å². The van der Waals surface area contributed by atoms with E-state index in [1.807, 2.05) is 24.3 Å². The largest absolute Gasteiger partial charge is 0.435 e. The van der Waals surface area contributed by atoms with Crippen molar-refractivity contribution in [2.45, 2.75) is 19.5 Å². The summed E-state index contributed by atoms with van der Waals surface area (Å²) in [5, 5.41) is 5.86. The van der Waals surface area contributed by atoms with Gasteiger partial charge in [-0.1, -0.05) is 30.3 Å². The van der Waals surface area contributed by atoms with Gasteiger partial charge in [0.1, 0.15) is 5.75 Å². The summed E-state index contributed by atoms with van der Waals surface area (Å²) in [5.41, 5.74) is 4.37. The molecule has 0 saturated heterocycles. The minimum Gasteiger partial charge on any atom is -0.435 e. The highest BCUT2D eigenvalue weighted by Gasteiger charge is 2.24. The number of carbonyl (C=O) groups is 2. The van der Waals surface area contributed by atoms with Crippen molar-refractivity contribution in [1.82, 2.24) is 5.32 Å². The fourth-order valence-electron chi connectivity index (χ4n) is 3.86. The number of nitrogens with zero attached hydrogens (tertiary/aromatic N) is 1. The summed E-state index contributed by atoms with van der Waals surface area (Å²) in [6.07, 6.45) is 1.42.